The molecule has 0 aromatic rings. The Morgan fingerprint density at radius 2 is 1.75 bits per heavy atom. The van der Waals surface area contributed by atoms with E-state index in [0.29, 0.717) is 0 Å². The van der Waals surface area contributed by atoms with Gasteiger partial charge in [0, 0.05) is 19.6 Å². The number of nitrogens with zero attached hydrogens (tertiary/aromatic N) is 2. The first-order valence-electron chi connectivity index (χ1n) is 4.73. The molecule has 0 saturated heterocycles. The van der Waals surface area contributed by atoms with Gasteiger partial charge in [0.2, 0.25) is 0 Å². The van der Waals surface area contributed by atoms with Gasteiger partial charge in [-0.15, -0.1) is 0 Å². The highest BCUT2D eigenvalue weighted by Gasteiger charge is 2.01. The van der Waals surface area contributed by atoms with Crippen molar-refractivity contribution in [3.63, 3.8) is 0 Å². The van der Waals surface area contributed by atoms with Gasteiger partial charge < -0.3 is 4.90 Å². The van der Waals surface area contributed by atoms with Crippen LogP contribution in [0.15, 0.2) is 0 Å². The smallest absolute Gasteiger partial charge is 0.0682 e. The van der Waals surface area contributed by atoms with E-state index in [1.807, 2.05) is 5.06 Å². The highest BCUT2D eigenvalue weighted by Crippen LogP contribution is 1.91. The molecule has 0 rings (SSSR count). The van der Waals surface area contributed by atoms with E-state index in [0.717, 1.165) is 32.7 Å². The predicted octanol–water partition coefficient (Wildman–Crippen LogP) is 1.21. The molecule has 0 bridgehead atoms. The molecular weight excluding hydrogens is 152 g/mol. The number of likely N-dealkylation sites (N-methyl/N-ethyl adjacent to an activating group) is 2. The van der Waals surface area contributed by atoms with E-state index in [1.54, 1.807) is 0 Å². The summed E-state index contributed by atoms with van der Waals surface area (Å²) in [5, 5.41) is 2.02. The molecule has 0 unspecified atom stereocenters. The third-order valence-corrected chi connectivity index (χ3v) is 1.63. The van der Waals surface area contributed by atoms with Crippen LogP contribution < -0.4 is 0 Å². The standard InChI is InChI=1S/C9H22N2O/c1-5-9-12-11(6-2)8-7-10(3)4/h5-9H2,1-4H3. The zero-order valence-corrected chi connectivity index (χ0v) is 8.84. The molecule has 0 radical (unpaired) electrons. The Morgan fingerprint density at radius 1 is 1.08 bits per heavy atom. The summed E-state index contributed by atoms with van der Waals surface area (Å²) in [6.07, 6.45) is 1.08. The van der Waals surface area contributed by atoms with E-state index in [-0.39, 0.29) is 0 Å². The van der Waals surface area contributed by atoms with E-state index in [4.69, 9.17) is 4.84 Å². The van der Waals surface area contributed by atoms with Crippen molar-refractivity contribution in [2.45, 2.75) is 20.3 Å². The van der Waals surface area contributed by atoms with E-state index in [2.05, 4.69) is 32.8 Å². The van der Waals surface area contributed by atoms with Gasteiger partial charge in [-0.2, -0.15) is 5.06 Å². The fraction of sp³-hybridized carbons (Fsp3) is 1.00. The van der Waals surface area contributed by atoms with Crippen LogP contribution in [0.3, 0.4) is 0 Å². The van der Waals surface area contributed by atoms with E-state index < -0.39 is 0 Å². The molecule has 0 aliphatic heterocycles. The first kappa shape index (κ1) is 11.9. The topological polar surface area (TPSA) is 15.7 Å². The van der Waals surface area contributed by atoms with Crippen molar-refractivity contribution < 1.29 is 4.84 Å². The second kappa shape index (κ2) is 7.53. The molecule has 0 saturated carbocycles. The largest absolute Gasteiger partial charge is 0.308 e. The summed E-state index contributed by atoms with van der Waals surface area (Å²) in [5.41, 5.74) is 0. The number of hydrogen-bond donors (Lipinski definition) is 0. The van der Waals surface area contributed by atoms with Crippen LogP contribution in [-0.2, 0) is 4.84 Å². The third-order valence-electron chi connectivity index (χ3n) is 1.63. The van der Waals surface area contributed by atoms with E-state index >= 15 is 0 Å². The van der Waals surface area contributed by atoms with Gasteiger partial charge in [0.15, 0.2) is 0 Å². The van der Waals surface area contributed by atoms with Crippen LogP contribution in [-0.4, -0.2) is 50.3 Å². The minimum Gasteiger partial charge on any atom is -0.308 e. The summed E-state index contributed by atoms with van der Waals surface area (Å²) in [6, 6.07) is 0. The number of hydroxylamine groups is 2. The van der Waals surface area contributed by atoms with Gasteiger partial charge in [-0.3, -0.25) is 4.84 Å². The maximum absolute atomic E-state index is 5.50. The molecular formula is C9H22N2O. The number of hydrogen-bond acceptors (Lipinski definition) is 3. The molecule has 3 heteroatoms. The van der Waals surface area contributed by atoms with Crippen molar-refractivity contribution in [1.29, 1.82) is 0 Å². The Hall–Kier alpha value is -0.120. The average Bonchev–Trinajstić information content (AvgIpc) is 2.05. The summed E-state index contributed by atoms with van der Waals surface area (Å²) in [4.78, 5) is 7.66. The molecule has 12 heavy (non-hydrogen) atoms. The average molecular weight is 174 g/mol. The molecule has 0 N–H and O–H groups in total. The SMILES string of the molecule is CCCON(CC)CCN(C)C. The van der Waals surface area contributed by atoms with Gasteiger partial charge in [0.1, 0.15) is 0 Å². The van der Waals surface area contributed by atoms with Crippen LogP contribution in [0.1, 0.15) is 20.3 Å². The molecule has 0 heterocycles. The van der Waals surface area contributed by atoms with Crippen molar-refractivity contribution in [2.24, 2.45) is 0 Å². The van der Waals surface area contributed by atoms with Crippen LogP contribution in [0.2, 0.25) is 0 Å². The molecule has 0 aromatic carbocycles. The summed E-state index contributed by atoms with van der Waals surface area (Å²) >= 11 is 0. The highest BCUT2D eigenvalue weighted by molar-refractivity contribution is 4.47. The second-order valence-corrected chi connectivity index (χ2v) is 3.16. The first-order valence-corrected chi connectivity index (χ1v) is 4.73. The zero-order chi connectivity index (χ0) is 9.40. The van der Waals surface area contributed by atoms with Crippen molar-refractivity contribution in [2.75, 3.05) is 40.3 Å². The zero-order valence-electron chi connectivity index (χ0n) is 8.84. The lowest BCUT2D eigenvalue weighted by molar-refractivity contribution is -0.157. The Bertz CT molecular complexity index is 96.5. The van der Waals surface area contributed by atoms with Gasteiger partial charge >= 0.3 is 0 Å². The molecule has 0 atom stereocenters. The molecule has 0 amide bonds. The molecule has 3 nitrogen and oxygen atoms in total. The van der Waals surface area contributed by atoms with Gasteiger partial charge in [-0.1, -0.05) is 13.8 Å². The molecule has 0 aromatic heterocycles. The first-order chi connectivity index (χ1) is 5.70. The lowest BCUT2D eigenvalue weighted by Gasteiger charge is -2.21. The summed E-state index contributed by atoms with van der Waals surface area (Å²) < 4.78 is 0. The lowest BCUT2D eigenvalue weighted by atomic mass is 10.5. The normalized spacial score (nSPS) is 11.5. The minimum absolute atomic E-state index is 0.835. The van der Waals surface area contributed by atoms with Crippen LogP contribution in [0, 0.1) is 0 Å². The van der Waals surface area contributed by atoms with E-state index in [9.17, 15) is 0 Å². The molecule has 0 spiro atoms. The second-order valence-electron chi connectivity index (χ2n) is 3.16. The Kier molecular flexibility index (Phi) is 7.45. The molecule has 0 aliphatic rings. The van der Waals surface area contributed by atoms with Gasteiger partial charge in [-0.05, 0) is 20.5 Å². The van der Waals surface area contributed by atoms with Gasteiger partial charge in [0.05, 0.1) is 6.61 Å². The molecule has 0 fully saturated rings. The minimum atomic E-state index is 0.835. The van der Waals surface area contributed by atoms with Gasteiger partial charge in [-0.25, -0.2) is 0 Å². The van der Waals surface area contributed by atoms with E-state index in [1.165, 1.54) is 0 Å². The van der Waals surface area contributed by atoms with Crippen molar-refractivity contribution in [3.8, 4) is 0 Å². The maximum Gasteiger partial charge on any atom is 0.0682 e. The van der Waals surface area contributed by atoms with Crippen LogP contribution >= 0.6 is 0 Å². The maximum atomic E-state index is 5.50. The Labute approximate surface area is 76.2 Å². The predicted molar refractivity (Wildman–Crippen MR) is 52.0 cm³/mol. The summed E-state index contributed by atoms with van der Waals surface area (Å²) in [5.74, 6) is 0. The van der Waals surface area contributed by atoms with Crippen molar-refractivity contribution in [3.05, 3.63) is 0 Å². The summed E-state index contributed by atoms with van der Waals surface area (Å²) in [6.45, 7) is 8.08. The van der Waals surface area contributed by atoms with Crippen LogP contribution in [0.25, 0.3) is 0 Å². The van der Waals surface area contributed by atoms with Gasteiger partial charge in [0.25, 0.3) is 0 Å². The fourth-order valence-corrected chi connectivity index (χ4v) is 0.846. The third kappa shape index (κ3) is 6.58. The van der Waals surface area contributed by atoms with Crippen LogP contribution in [0.5, 0.6) is 0 Å². The van der Waals surface area contributed by atoms with Crippen LogP contribution in [0.4, 0.5) is 0 Å². The monoisotopic (exact) mass is 174 g/mol. The summed E-state index contributed by atoms with van der Waals surface area (Å²) in [7, 11) is 4.15. The fourth-order valence-electron chi connectivity index (χ4n) is 0.846. The van der Waals surface area contributed by atoms with Crippen molar-refractivity contribution in [1.82, 2.24) is 9.96 Å². The Morgan fingerprint density at radius 3 is 2.17 bits per heavy atom. The Balaban J connectivity index is 3.39. The number of rotatable bonds is 7. The lowest BCUT2D eigenvalue weighted by Crippen LogP contribution is -2.32. The molecule has 0 aliphatic carbocycles. The quantitative estimate of drug-likeness (QED) is 0.540. The van der Waals surface area contributed by atoms with Crippen molar-refractivity contribution >= 4 is 0 Å². The highest BCUT2D eigenvalue weighted by atomic mass is 16.7. The molecule has 74 valence electrons.